The summed E-state index contributed by atoms with van der Waals surface area (Å²) >= 11 is 5.75. The third-order valence-corrected chi connectivity index (χ3v) is 2.45. The average Bonchev–Trinajstić information content (AvgIpc) is 2.74. The number of halogens is 1. The maximum atomic E-state index is 5.75. The molecule has 0 saturated carbocycles. The van der Waals surface area contributed by atoms with Crippen LogP contribution in [0.25, 0.3) is 0 Å². The molecular formula is C11H8ClN3O3. The number of rotatable bonds is 2. The first-order valence-corrected chi connectivity index (χ1v) is 5.46. The second kappa shape index (κ2) is 4.23. The molecule has 0 amide bonds. The molecule has 2 heterocycles. The lowest BCUT2D eigenvalue weighted by atomic mass is 10.3. The maximum Gasteiger partial charge on any atom is 0.231 e. The Morgan fingerprint density at radius 3 is 2.83 bits per heavy atom. The lowest BCUT2D eigenvalue weighted by molar-refractivity contribution is 0.174. The number of anilines is 1. The van der Waals surface area contributed by atoms with Gasteiger partial charge in [0.1, 0.15) is 10.9 Å². The summed E-state index contributed by atoms with van der Waals surface area (Å²) in [4.78, 5) is 7.65. The van der Waals surface area contributed by atoms with Crippen molar-refractivity contribution in [3.63, 3.8) is 0 Å². The van der Waals surface area contributed by atoms with E-state index in [4.69, 9.17) is 31.5 Å². The van der Waals surface area contributed by atoms with Crippen LogP contribution in [-0.2, 0) is 0 Å². The minimum absolute atomic E-state index is 0.0539. The van der Waals surface area contributed by atoms with Gasteiger partial charge in [-0.05, 0) is 12.1 Å². The smallest absolute Gasteiger partial charge is 0.231 e. The van der Waals surface area contributed by atoms with E-state index in [0.29, 0.717) is 17.2 Å². The third kappa shape index (κ3) is 2.10. The number of fused-ring (bicyclic) bond motifs is 1. The maximum absolute atomic E-state index is 5.75. The molecular weight excluding hydrogens is 258 g/mol. The molecule has 2 N–H and O–H groups in total. The molecule has 6 nitrogen and oxygen atoms in total. The molecule has 0 bridgehead atoms. The fraction of sp³-hybridized carbons (Fsp3) is 0.0909. The van der Waals surface area contributed by atoms with Gasteiger partial charge in [0.2, 0.25) is 18.6 Å². The Kier molecular flexibility index (Phi) is 2.56. The fourth-order valence-corrected chi connectivity index (χ4v) is 1.71. The van der Waals surface area contributed by atoms with Gasteiger partial charge in [-0.1, -0.05) is 11.6 Å². The molecule has 1 aromatic carbocycles. The molecule has 0 unspecified atom stereocenters. The van der Waals surface area contributed by atoms with Gasteiger partial charge in [0.15, 0.2) is 11.5 Å². The molecule has 0 spiro atoms. The molecule has 2 aromatic rings. The Bertz CT molecular complexity index is 586. The molecule has 0 fully saturated rings. The zero-order valence-corrected chi connectivity index (χ0v) is 9.85. The summed E-state index contributed by atoms with van der Waals surface area (Å²) in [6.45, 7) is 0.213. The first-order valence-electron chi connectivity index (χ1n) is 5.08. The molecule has 1 aliphatic heterocycles. The molecule has 1 aromatic heterocycles. The average molecular weight is 266 g/mol. The lowest BCUT2D eigenvalue weighted by Crippen LogP contribution is -1.97. The zero-order chi connectivity index (χ0) is 12.5. The molecule has 0 aliphatic carbocycles. The van der Waals surface area contributed by atoms with Crippen LogP contribution in [0.2, 0.25) is 5.15 Å². The van der Waals surface area contributed by atoms with Gasteiger partial charge >= 0.3 is 0 Å². The van der Waals surface area contributed by atoms with Crippen molar-refractivity contribution < 1.29 is 14.2 Å². The van der Waals surface area contributed by atoms with Crippen LogP contribution in [0.1, 0.15) is 0 Å². The Labute approximate surface area is 107 Å². The quantitative estimate of drug-likeness (QED) is 0.839. The summed E-state index contributed by atoms with van der Waals surface area (Å²) in [7, 11) is 0. The number of hydrogen-bond donors (Lipinski definition) is 1. The molecule has 0 radical (unpaired) electrons. The highest BCUT2D eigenvalue weighted by atomic mass is 35.5. The first-order chi connectivity index (χ1) is 8.70. The van der Waals surface area contributed by atoms with Gasteiger partial charge < -0.3 is 19.9 Å². The number of aromatic nitrogens is 2. The molecule has 0 atom stereocenters. The van der Waals surface area contributed by atoms with E-state index in [1.807, 2.05) is 0 Å². The Balaban J connectivity index is 1.88. The highest BCUT2D eigenvalue weighted by molar-refractivity contribution is 6.29. The largest absolute Gasteiger partial charge is 0.454 e. The van der Waals surface area contributed by atoms with Crippen LogP contribution >= 0.6 is 11.6 Å². The third-order valence-electron chi connectivity index (χ3n) is 2.26. The highest BCUT2D eigenvalue weighted by Gasteiger charge is 2.14. The summed E-state index contributed by atoms with van der Waals surface area (Å²) in [5.41, 5.74) is 5.47. The first kappa shape index (κ1) is 10.9. The Morgan fingerprint density at radius 2 is 2.00 bits per heavy atom. The van der Waals surface area contributed by atoms with Crippen molar-refractivity contribution in [3.8, 4) is 23.1 Å². The van der Waals surface area contributed by atoms with Crippen LogP contribution < -0.4 is 19.9 Å². The summed E-state index contributed by atoms with van der Waals surface area (Å²) in [5, 5.41) is 0.221. The number of nitrogens with two attached hydrogens (primary N) is 1. The monoisotopic (exact) mass is 265 g/mol. The van der Waals surface area contributed by atoms with E-state index < -0.39 is 0 Å². The minimum Gasteiger partial charge on any atom is -0.454 e. The van der Waals surface area contributed by atoms with Crippen molar-refractivity contribution in [2.45, 2.75) is 0 Å². The fourth-order valence-electron chi connectivity index (χ4n) is 1.53. The summed E-state index contributed by atoms with van der Waals surface area (Å²) < 4.78 is 16.0. The summed E-state index contributed by atoms with van der Waals surface area (Å²) in [5.74, 6) is 2.18. The number of ether oxygens (including phenoxy) is 3. The number of nitrogen functional groups attached to an aromatic ring is 1. The SMILES string of the molecule is Nc1nc(Cl)cc(Oc2ccc3c(c2)OCO3)n1. The van der Waals surface area contributed by atoms with Gasteiger partial charge in [0.05, 0.1) is 0 Å². The predicted molar refractivity (Wildman–Crippen MR) is 64.1 cm³/mol. The topological polar surface area (TPSA) is 79.5 Å². The van der Waals surface area contributed by atoms with Gasteiger partial charge in [-0.15, -0.1) is 0 Å². The van der Waals surface area contributed by atoms with Gasteiger partial charge in [0, 0.05) is 12.1 Å². The molecule has 92 valence electrons. The van der Waals surface area contributed by atoms with E-state index in [9.17, 15) is 0 Å². The van der Waals surface area contributed by atoms with Crippen molar-refractivity contribution >= 4 is 17.5 Å². The standard InChI is InChI=1S/C11H8ClN3O3/c12-9-4-10(15-11(13)14-9)18-6-1-2-7-8(3-6)17-5-16-7/h1-4H,5H2,(H2,13,14,15). The molecule has 7 heteroatoms. The number of nitrogens with zero attached hydrogens (tertiary/aromatic N) is 2. The number of benzene rings is 1. The Hall–Kier alpha value is -2.21. The van der Waals surface area contributed by atoms with Gasteiger partial charge in [-0.25, -0.2) is 4.98 Å². The van der Waals surface area contributed by atoms with Gasteiger partial charge in [0.25, 0.3) is 0 Å². The molecule has 1 aliphatic rings. The second-order valence-corrected chi connectivity index (χ2v) is 3.89. The van der Waals surface area contributed by atoms with Crippen molar-refractivity contribution in [1.29, 1.82) is 0 Å². The van der Waals surface area contributed by atoms with Crippen LogP contribution in [0.5, 0.6) is 23.1 Å². The minimum atomic E-state index is 0.0539. The van der Waals surface area contributed by atoms with Crippen LogP contribution in [0.3, 0.4) is 0 Å². The summed E-state index contributed by atoms with van der Waals surface area (Å²) in [6.07, 6.45) is 0. The van der Waals surface area contributed by atoms with Crippen molar-refractivity contribution in [1.82, 2.24) is 9.97 Å². The van der Waals surface area contributed by atoms with E-state index in [0.717, 1.165) is 0 Å². The van der Waals surface area contributed by atoms with Crippen molar-refractivity contribution in [3.05, 3.63) is 29.4 Å². The van der Waals surface area contributed by atoms with Gasteiger partial charge in [-0.2, -0.15) is 4.98 Å². The Morgan fingerprint density at radius 1 is 1.17 bits per heavy atom. The van der Waals surface area contributed by atoms with Crippen LogP contribution in [-0.4, -0.2) is 16.8 Å². The lowest BCUT2D eigenvalue weighted by Gasteiger charge is -2.06. The van der Waals surface area contributed by atoms with Crippen molar-refractivity contribution in [2.75, 3.05) is 12.5 Å². The molecule has 18 heavy (non-hydrogen) atoms. The molecule has 0 saturated heterocycles. The summed E-state index contributed by atoms with van der Waals surface area (Å²) in [6, 6.07) is 6.67. The normalized spacial score (nSPS) is 12.5. The molecule has 3 rings (SSSR count). The van der Waals surface area contributed by atoms with E-state index in [2.05, 4.69) is 9.97 Å². The van der Waals surface area contributed by atoms with Crippen LogP contribution in [0.15, 0.2) is 24.3 Å². The zero-order valence-electron chi connectivity index (χ0n) is 9.09. The number of hydrogen-bond acceptors (Lipinski definition) is 6. The van der Waals surface area contributed by atoms with E-state index in [1.165, 1.54) is 6.07 Å². The van der Waals surface area contributed by atoms with E-state index in [1.54, 1.807) is 18.2 Å². The van der Waals surface area contributed by atoms with Crippen LogP contribution in [0, 0.1) is 0 Å². The predicted octanol–water partition coefficient (Wildman–Crippen LogP) is 2.23. The second-order valence-electron chi connectivity index (χ2n) is 3.50. The highest BCUT2D eigenvalue weighted by Crippen LogP contribution is 2.36. The van der Waals surface area contributed by atoms with Crippen molar-refractivity contribution in [2.24, 2.45) is 0 Å². The van der Waals surface area contributed by atoms with E-state index in [-0.39, 0.29) is 23.8 Å². The van der Waals surface area contributed by atoms with E-state index >= 15 is 0 Å². The van der Waals surface area contributed by atoms with Crippen LogP contribution in [0.4, 0.5) is 5.95 Å². The van der Waals surface area contributed by atoms with Gasteiger partial charge in [-0.3, -0.25) is 0 Å².